The number of rotatable bonds is 1. The van der Waals surface area contributed by atoms with Crippen LogP contribution in [0.15, 0.2) is 11.8 Å². The molecule has 1 heterocycles. The van der Waals surface area contributed by atoms with Gasteiger partial charge in [0, 0.05) is 6.54 Å². The molecule has 0 radical (unpaired) electrons. The van der Waals surface area contributed by atoms with E-state index in [-0.39, 0.29) is 0 Å². The van der Waals surface area contributed by atoms with Gasteiger partial charge >= 0.3 is 0 Å². The Labute approximate surface area is 55.9 Å². The highest BCUT2D eigenvalue weighted by Gasteiger charge is 2.01. The van der Waals surface area contributed by atoms with Gasteiger partial charge in [0.25, 0.3) is 0 Å². The van der Waals surface area contributed by atoms with Gasteiger partial charge < -0.3 is 10.1 Å². The Morgan fingerprint density at radius 3 is 3.22 bits per heavy atom. The van der Waals surface area contributed by atoms with Crippen LogP contribution >= 0.6 is 0 Å². The van der Waals surface area contributed by atoms with Gasteiger partial charge in [-0.2, -0.15) is 0 Å². The fraction of sp³-hybridized carbons (Fsp3) is 0.714. The second-order valence-electron chi connectivity index (χ2n) is 2.10. The smallest absolute Gasteiger partial charge is 0.106 e. The summed E-state index contributed by atoms with van der Waals surface area (Å²) < 4.78 is 5.32. The van der Waals surface area contributed by atoms with Crippen molar-refractivity contribution in [3.63, 3.8) is 0 Å². The lowest BCUT2D eigenvalue weighted by atomic mass is 10.3. The van der Waals surface area contributed by atoms with Crippen molar-refractivity contribution in [1.82, 2.24) is 5.32 Å². The zero-order chi connectivity index (χ0) is 6.53. The first kappa shape index (κ1) is 6.62. The van der Waals surface area contributed by atoms with Gasteiger partial charge in [-0.05, 0) is 12.5 Å². The van der Waals surface area contributed by atoms with E-state index in [0.717, 1.165) is 31.9 Å². The topological polar surface area (TPSA) is 21.3 Å². The molecule has 1 rings (SSSR count). The maximum atomic E-state index is 5.32. The van der Waals surface area contributed by atoms with Crippen LogP contribution in [0.5, 0.6) is 0 Å². The van der Waals surface area contributed by atoms with E-state index in [1.165, 1.54) is 0 Å². The molecule has 2 heteroatoms. The summed E-state index contributed by atoms with van der Waals surface area (Å²) >= 11 is 0. The van der Waals surface area contributed by atoms with Crippen LogP contribution in [0.25, 0.3) is 0 Å². The molecular formula is C7H13NO. The standard InChI is InChI=1S/C7H13NO/c1-2-3-7-6-8-4-5-9-7/h3,8H,2,4-6H2,1H3. The Kier molecular flexibility index (Phi) is 2.58. The van der Waals surface area contributed by atoms with Crippen LogP contribution in [0.4, 0.5) is 0 Å². The maximum Gasteiger partial charge on any atom is 0.106 e. The van der Waals surface area contributed by atoms with Crippen LogP contribution < -0.4 is 5.32 Å². The van der Waals surface area contributed by atoms with Crippen molar-refractivity contribution in [2.24, 2.45) is 0 Å². The lowest BCUT2D eigenvalue weighted by Gasteiger charge is -2.16. The molecule has 2 nitrogen and oxygen atoms in total. The quantitative estimate of drug-likeness (QED) is 0.565. The second kappa shape index (κ2) is 3.51. The zero-order valence-electron chi connectivity index (χ0n) is 5.81. The molecule has 0 unspecified atom stereocenters. The van der Waals surface area contributed by atoms with Crippen molar-refractivity contribution < 1.29 is 4.74 Å². The van der Waals surface area contributed by atoms with E-state index in [1.54, 1.807) is 0 Å². The summed E-state index contributed by atoms with van der Waals surface area (Å²) in [7, 11) is 0. The fourth-order valence-corrected chi connectivity index (χ4v) is 0.876. The number of morpholine rings is 1. The van der Waals surface area contributed by atoms with E-state index in [0.29, 0.717) is 0 Å². The van der Waals surface area contributed by atoms with Crippen molar-refractivity contribution >= 4 is 0 Å². The van der Waals surface area contributed by atoms with Gasteiger partial charge in [0.1, 0.15) is 12.4 Å². The molecule has 1 aliphatic heterocycles. The molecule has 0 amide bonds. The molecule has 0 atom stereocenters. The van der Waals surface area contributed by atoms with Gasteiger partial charge in [-0.1, -0.05) is 6.92 Å². The first-order valence-electron chi connectivity index (χ1n) is 3.46. The number of hydrogen-bond acceptors (Lipinski definition) is 2. The second-order valence-corrected chi connectivity index (χ2v) is 2.10. The summed E-state index contributed by atoms with van der Waals surface area (Å²) in [5.41, 5.74) is 0. The van der Waals surface area contributed by atoms with Gasteiger partial charge in [-0.15, -0.1) is 0 Å². The third kappa shape index (κ3) is 2.06. The van der Waals surface area contributed by atoms with Crippen molar-refractivity contribution in [1.29, 1.82) is 0 Å². The summed E-state index contributed by atoms with van der Waals surface area (Å²) in [6, 6.07) is 0. The summed E-state index contributed by atoms with van der Waals surface area (Å²) in [4.78, 5) is 0. The summed E-state index contributed by atoms with van der Waals surface area (Å²) in [6.07, 6.45) is 3.18. The van der Waals surface area contributed by atoms with Crippen LogP contribution in [0.2, 0.25) is 0 Å². The summed E-state index contributed by atoms with van der Waals surface area (Å²) in [5, 5.41) is 3.23. The van der Waals surface area contributed by atoms with E-state index in [9.17, 15) is 0 Å². The molecule has 0 saturated carbocycles. The Balaban J connectivity index is 2.30. The Hall–Kier alpha value is -0.500. The van der Waals surface area contributed by atoms with Crippen molar-refractivity contribution in [2.45, 2.75) is 13.3 Å². The predicted molar refractivity (Wildman–Crippen MR) is 37.2 cm³/mol. The largest absolute Gasteiger partial charge is 0.496 e. The van der Waals surface area contributed by atoms with E-state index in [1.807, 2.05) is 0 Å². The zero-order valence-corrected chi connectivity index (χ0v) is 5.81. The van der Waals surface area contributed by atoms with Gasteiger partial charge in [0.15, 0.2) is 0 Å². The van der Waals surface area contributed by atoms with Crippen LogP contribution in [-0.4, -0.2) is 19.7 Å². The molecule has 52 valence electrons. The fourth-order valence-electron chi connectivity index (χ4n) is 0.876. The van der Waals surface area contributed by atoms with Crippen LogP contribution in [0, 0.1) is 0 Å². The highest BCUT2D eigenvalue weighted by atomic mass is 16.5. The summed E-state index contributed by atoms with van der Waals surface area (Å²) in [6.45, 7) is 4.84. The van der Waals surface area contributed by atoms with E-state index < -0.39 is 0 Å². The molecule has 1 fully saturated rings. The first-order chi connectivity index (χ1) is 4.43. The molecule has 1 N–H and O–H groups in total. The number of allylic oxidation sites excluding steroid dienone is 1. The van der Waals surface area contributed by atoms with Gasteiger partial charge in [0.2, 0.25) is 0 Å². The molecule has 9 heavy (non-hydrogen) atoms. The molecule has 1 aliphatic rings. The lowest BCUT2D eigenvalue weighted by Crippen LogP contribution is -2.28. The number of hydrogen-bond donors (Lipinski definition) is 1. The third-order valence-electron chi connectivity index (χ3n) is 1.30. The Morgan fingerprint density at radius 2 is 2.67 bits per heavy atom. The minimum atomic E-state index is 0.825. The normalized spacial score (nSPS) is 23.9. The van der Waals surface area contributed by atoms with Crippen LogP contribution in [0.1, 0.15) is 13.3 Å². The third-order valence-corrected chi connectivity index (χ3v) is 1.30. The molecule has 1 saturated heterocycles. The van der Waals surface area contributed by atoms with E-state index >= 15 is 0 Å². The van der Waals surface area contributed by atoms with Gasteiger partial charge in [0.05, 0.1) is 6.54 Å². The monoisotopic (exact) mass is 127 g/mol. The summed E-state index contributed by atoms with van der Waals surface area (Å²) in [5.74, 6) is 1.10. The maximum absolute atomic E-state index is 5.32. The van der Waals surface area contributed by atoms with Crippen molar-refractivity contribution in [2.75, 3.05) is 19.7 Å². The molecular weight excluding hydrogens is 114 g/mol. The van der Waals surface area contributed by atoms with Gasteiger partial charge in [-0.3, -0.25) is 0 Å². The molecule has 0 spiro atoms. The molecule has 0 aliphatic carbocycles. The molecule has 0 aromatic heterocycles. The van der Waals surface area contributed by atoms with Crippen LogP contribution in [-0.2, 0) is 4.74 Å². The average molecular weight is 127 g/mol. The minimum Gasteiger partial charge on any atom is -0.496 e. The average Bonchev–Trinajstić information content (AvgIpc) is 1.91. The number of ether oxygens (including phenoxy) is 1. The SMILES string of the molecule is CCC=C1CNCCO1. The molecule has 0 aromatic rings. The van der Waals surface area contributed by atoms with Crippen molar-refractivity contribution in [3.8, 4) is 0 Å². The van der Waals surface area contributed by atoms with E-state index in [2.05, 4.69) is 18.3 Å². The Bertz CT molecular complexity index is 101. The molecule has 0 aromatic carbocycles. The van der Waals surface area contributed by atoms with E-state index in [4.69, 9.17) is 4.74 Å². The Morgan fingerprint density at radius 1 is 1.78 bits per heavy atom. The van der Waals surface area contributed by atoms with Gasteiger partial charge in [-0.25, -0.2) is 0 Å². The number of nitrogens with one attached hydrogen (secondary N) is 1. The van der Waals surface area contributed by atoms with Crippen molar-refractivity contribution in [3.05, 3.63) is 11.8 Å². The molecule has 0 bridgehead atoms. The minimum absolute atomic E-state index is 0.825. The first-order valence-corrected chi connectivity index (χ1v) is 3.46. The van der Waals surface area contributed by atoms with Crippen LogP contribution in [0.3, 0.4) is 0 Å². The lowest BCUT2D eigenvalue weighted by molar-refractivity contribution is 0.177. The highest BCUT2D eigenvalue weighted by molar-refractivity contribution is 4.96. The predicted octanol–water partition coefficient (Wildman–Crippen LogP) is 0.900. The highest BCUT2D eigenvalue weighted by Crippen LogP contribution is 2.00.